The van der Waals surface area contributed by atoms with E-state index in [1.165, 1.54) is 0 Å². The quantitative estimate of drug-likeness (QED) is 0.715. The molecule has 1 aromatic carbocycles. The number of aromatic nitrogens is 1. The second kappa shape index (κ2) is 6.72. The molecule has 1 fully saturated rings. The van der Waals surface area contributed by atoms with E-state index in [1.54, 1.807) is 17.2 Å². The molecule has 2 amide bonds. The van der Waals surface area contributed by atoms with Gasteiger partial charge in [0, 0.05) is 18.3 Å². The Morgan fingerprint density at radius 3 is 2.77 bits per heavy atom. The van der Waals surface area contributed by atoms with Crippen molar-refractivity contribution < 1.29 is 4.79 Å². The molecule has 0 spiro atoms. The van der Waals surface area contributed by atoms with E-state index in [1.807, 2.05) is 30.0 Å². The number of anilines is 2. The zero-order valence-electron chi connectivity index (χ0n) is 14.7. The van der Waals surface area contributed by atoms with E-state index < -0.39 is 0 Å². The van der Waals surface area contributed by atoms with Crippen molar-refractivity contribution in [3.8, 4) is 0 Å². The number of halogens is 2. The molecule has 0 N–H and O–H groups in total. The van der Waals surface area contributed by atoms with Gasteiger partial charge >= 0.3 is 6.03 Å². The van der Waals surface area contributed by atoms with Gasteiger partial charge in [-0.2, -0.15) is 0 Å². The van der Waals surface area contributed by atoms with Crippen LogP contribution in [-0.2, 0) is 6.54 Å². The zero-order valence-corrected chi connectivity index (χ0v) is 16.3. The van der Waals surface area contributed by atoms with E-state index in [9.17, 15) is 4.79 Å². The summed E-state index contributed by atoms with van der Waals surface area (Å²) < 4.78 is 0. The molecule has 136 valence electrons. The van der Waals surface area contributed by atoms with Crippen molar-refractivity contribution in [2.45, 2.75) is 25.9 Å². The van der Waals surface area contributed by atoms with Crippen molar-refractivity contribution in [2.24, 2.45) is 0 Å². The first-order valence-corrected chi connectivity index (χ1v) is 9.40. The number of nitrogens with zero attached hydrogens (tertiary/aromatic N) is 4. The summed E-state index contributed by atoms with van der Waals surface area (Å²) in [6.07, 6.45) is 2.69. The summed E-state index contributed by atoms with van der Waals surface area (Å²) in [5, 5.41) is 0.975. The summed E-state index contributed by atoms with van der Waals surface area (Å²) in [6, 6.07) is 7.53. The lowest BCUT2D eigenvalue weighted by atomic mass is 10.1. The average molecular weight is 391 g/mol. The Bertz CT molecular complexity index is 852. The Balaban J connectivity index is 1.83. The first-order chi connectivity index (χ1) is 12.5. The van der Waals surface area contributed by atoms with Crippen molar-refractivity contribution in [2.75, 3.05) is 29.9 Å². The van der Waals surface area contributed by atoms with Crippen molar-refractivity contribution in [3.05, 3.63) is 51.8 Å². The molecular weight excluding hydrogens is 371 g/mol. The highest BCUT2D eigenvalue weighted by Gasteiger charge is 2.39. The Morgan fingerprint density at radius 1 is 1.27 bits per heavy atom. The van der Waals surface area contributed by atoms with Crippen molar-refractivity contribution >= 4 is 40.6 Å². The van der Waals surface area contributed by atoms with Gasteiger partial charge in [0.05, 0.1) is 29.0 Å². The second-order valence-corrected chi connectivity index (χ2v) is 7.78. The van der Waals surface area contributed by atoms with Crippen LogP contribution in [0.15, 0.2) is 30.5 Å². The van der Waals surface area contributed by atoms with Gasteiger partial charge in [0.25, 0.3) is 0 Å². The average Bonchev–Trinajstić information content (AvgIpc) is 3.01. The number of amides is 2. The van der Waals surface area contributed by atoms with E-state index in [-0.39, 0.29) is 12.1 Å². The highest BCUT2D eigenvalue weighted by Crippen LogP contribution is 2.39. The number of hydrogen-bond acceptors (Lipinski definition) is 3. The number of para-hydroxylation sites is 1. The maximum Gasteiger partial charge on any atom is 0.329 e. The second-order valence-electron chi connectivity index (χ2n) is 6.98. The van der Waals surface area contributed by atoms with Crippen LogP contribution in [0.5, 0.6) is 0 Å². The van der Waals surface area contributed by atoms with E-state index >= 15 is 0 Å². The van der Waals surface area contributed by atoms with Crippen LogP contribution in [0.2, 0.25) is 10.2 Å². The molecule has 4 rings (SSSR count). The third kappa shape index (κ3) is 2.94. The molecule has 0 radical (unpaired) electrons. The number of rotatable bonds is 2. The number of aryl methyl sites for hydroxylation is 1. The topological polar surface area (TPSA) is 39.7 Å². The molecule has 2 aliphatic rings. The van der Waals surface area contributed by atoms with Crippen LogP contribution in [0, 0.1) is 6.92 Å². The van der Waals surface area contributed by atoms with Gasteiger partial charge in [-0.3, -0.25) is 9.80 Å². The molecule has 26 heavy (non-hydrogen) atoms. The minimum Gasteiger partial charge on any atom is -0.304 e. The van der Waals surface area contributed by atoms with Crippen LogP contribution in [-0.4, -0.2) is 42.1 Å². The Kier molecular flexibility index (Phi) is 4.55. The van der Waals surface area contributed by atoms with Crippen LogP contribution in [0.3, 0.4) is 0 Å². The predicted octanol–water partition coefficient (Wildman–Crippen LogP) is 4.35. The van der Waals surface area contributed by atoms with Gasteiger partial charge < -0.3 is 4.90 Å². The van der Waals surface area contributed by atoms with E-state index in [4.69, 9.17) is 23.2 Å². The number of carbonyl (C=O) groups excluding carboxylic acids is 1. The van der Waals surface area contributed by atoms with Gasteiger partial charge in [0.1, 0.15) is 5.15 Å². The lowest BCUT2D eigenvalue weighted by Gasteiger charge is -2.40. The third-order valence-corrected chi connectivity index (χ3v) is 5.66. The van der Waals surface area contributed by atoms with Crippen LogP contribution in [0.1, 0.15) is 17.5 Å². The lowest BCUT2D eigenvalue weighted by molar-refractivity contribution is 0.247. The first kappa shape index (κ1) is 17.6. The number of fused-ring (bicyclic) bond motifs is 1. The van der Waals surface area contributed by atoms with Crippen molar-refractivity contribution in [1.82, 2.24) is 9.88 Å². The molecule has 1 saturated heterocycles. The van der Waals surface area contributed by atoms with E-state index in [0.717, 1.165) is 42.0 Å². The maximum atomic E-state index is 13.5. The van der Waals surface area contributed by atoms with Gasteiger partial charge in [0.15, 0.2) is 0 Å². The fourth-order valence-electron chi connectivity index (χ4n) is 3.88. The maximum absolute atomic E-state index is 13.5. The zero-order chi connectivity index (χ0) is 18.4. The SMILES string of the molecule is Cc1cccc(Cl)c1N1Cc2cnc(Cl)cc2N(C2CCN(C)C2)C1=O. The van der Waals surface area contributed by atoms with Crippen LogP contribution >= 0.6 is 23.2 Å². The Hall–Kier alpha value is -1.82. The molecule has 1 aromatic heterocycles. The molecule has 1 atom stereocenters. The van der Waals surface area contributed by atoms with E-state index in [0.29, 0.717) is 16.7 Å². The third-order valence-electron chi connectivity index (χ3n) is 5.14. The summed E-state index contributed by atoms with van der Waals surface area (Å²) in [6.45, 7) is 4.20. The number of benzene rings is 1. The summed E-state index contributed by atoms with van der Waals surface area (Å²) in [5.41, 5.74) is 3.56. The fourth-order valence-corrected chi connectivity index (χ4v) is 4.36. The molecule has 2 aliphatic heterocycles. The number of likely N-dealkylation sites (tertiary alicyclic amines) is 1. The van der Waals surface area contributed by atoms with Gasteiger partial charge in [-0.15, -0.1) is 0 Å². The van der Waals surface area contributed by atoms with Crippen molar-refractivity contribution in [1.29, 1.82) is 0 Å². The van der Waals surface area contributed by atoms with Crippen LogP contribution in [0.4, 0.5) is 16.2 Å². The number of pyridine rings is 1. The fraction of sp³-hybridized carbons (Fsp3) is 0.368. The molecule has 7 heteroatoms. The van der Waals surface area contributed by atoms with Gasteiger partial charge in [-0.25, -0.2) is 9.78 Å². The molecule has 0 bridgehead atoms. The Morgan fingerprint density at radius 2 is 2.08 bits per heavy atom. The molecule has 0 aliphatic carbocycles. The molecule has 0 saturated carbocycles. The molecule has 5 nitrogen and oxygen atoms in total. The molecule has 3 heterocycles. The summed E-state index contributed by atoms with van der Waals surface area (Å²) >= 11 is 12.6. The minimum atomic E-state index is -0.0590. The van der Waals surface area contributed by atoms with E-state index in [2.05, 4.69) is 16.9 Å². The van der Waals surface area contributed by atoms with Gasteiger partial charge in [-0.1, -0.05) is 35.3 Å². The number of likely N-dealkylation sites (N-methyl/N-ethyl adjacent to an activating group) is 1. The standard InChI is InChI=1S/C19H20Cl2N4O/c1-12-4-3-5-15(20)18(12)24-10-13-9-22-17(21)8-16(13)25(19(24)26)14-6-7-23(2)11-14/h3-5,8-9,14H,6-7,10-11H2,1-2H3. The molecule has 2 aromatic rings. The summed E-state index contributed by atoms with van der Waals surface area (Å²) in [4.78, 5) is 23.6. The van der Waals surface area contributed by atoms with Crippen molar-refractivity contribution in [3.63, 3.8) is 0 Å². The minimum absolute atomic E-state index is 0.0590. The van der Waals surface area contributed by atoms with Gasteiger partial charge in [0.2, 0.25) is 0 Å². The monoisotopic (exact) mass is 390 g/mol. The summed E-state index contributed by atoms with van der Waals surface area (Å²) in [5.74, 6) is 0. The Labute approximate surface area is 163 Å². The number of hydrogen-bond donors (Lipinski definition) is 0. The smallest absolute Gasteiger partial charge is 0.304 e. The van der Waals surface area contributed by atoms with Crippen LogP contribution < -0.4 is 9.80 Å². The van der Waals surface area contributed by atoms with Crippen LogP contribution in [0.25, 0.3) is 0 Å². The molecular formula is C19H20Cl2N4O. The lowest BCUT2D eigenvalue weighted by Crippen LogP contribution is -2.53. The largest absolute Gasteiger partial charge is 0.329 e. The normalized spacial score (nSPS) is 20.6. The molecule has 1 unspecified atom stereocenters. The summed E-state index contributed by atoms with van der Waals surface area (Å²) in [7, 11) is 2.07. The number of urea groups is 1. The highest BCUT2D eigenvalue weighted by molar-refractivity contribution is 6.34. The highest BCUT2D eigenvalue weighted by atomic mass is 35.5. The van der Waals surface area contributed by atoms with Gasteiger partial charge in [-0.05, 0) is 44.6 Å². The predicted molar refractivity (Wildman–Crippen MR) is 105 cm³/mol. The first-order valence-electron chi connectivity index (χ1n) is 8.64. The number of carbonyl (C=O) groups is 1.